The van der Waals surface area contributed by atoms with Crippen LogP contribution < -0.4 is 10.1 Å². The molecule has 0 saturated heterocycles. The fourth-order valence-corrected chi connectivity index (χ4v) is 3.79. The molecule has 0 fully saturated rings. The molecule has 0 atom stereocenters. The molecule has 0 saturated carbocycles. The molecular weight excluding hydrogens is 462 g/mol. The van der Waals surface area contributed by atoms with Crippen molar-refractivity contribution in [2.24, 2.45) is 0 Å². The van der Waals surface area contributed by atoms with Crippen molar-refractivity contribution < 1.29 is 14.5 Å². The second-order valence-electron chi connectivity index (χ2n) is 6.80. The quantitative estimate of drug-likeness (QED) is 0.234. The lowest BCUT2D eigenvalue weighted by atomic mass is 9.95. The Morgan fingerprint density at radius 3 is 2.77 bits per heavy atom. The average Bonchev–Trinajstić information content (AvgIpc) is 2.78. The first-order chi connectivity index (χ1) is 15.0. The molecule has 7 nitrogen and oxygen atoms in total. The van der Waals surface area contributed by atoms with Crippen molar-refractivity contribution in [2.45, 2.75) is 6.42 Å². The third-order valence-electron chi connectivity index (χ3n) is 4.82. The third-order valence-corrected chi connectivity index (χ3v) is 5.48. The van der Waals surface area contributed by atoms with Crippen LogP contribution in [-0.4, -0.2) is 10.8 Å². The van der Waals surface area contributed by atoms with E-state index in [1.165, 1.54) is 30.5 Å². The van der Waals surface area contributed by atoms with Crippen LogP contribution in [0.1, 0.15) is 5.56 Å². The van der Waals surface area contributed by atoms with Crippen LogP contribution in [0.3, 0.4) is 0 Å². The minimum Gasteiger partial charge on any atom is -0.464 e. The number of carbonyl (C=O) groups is 1. The number of halogens is 1. The third kappa shape index (κ3) is 4.17. The number of fused-ring (bicyclic) bond motifs is 3. The van der Waals surface area contributed by atoms with Gasteiger partial charge in [0.2, 0.25) is 0 Å². The van der Waals surface area contributed by atoms with Crippen molar-refractivity contribution in [3.63, 3.8) is 0 Å². The Morgan fingerprint density at radius 1 is 1.23 bits per heavy atom. The number of hydrogen-bond acceptors (Lipinski definition) is 5. The summed E-state index contributed by atoms with van der Waals surface area (Å²) < 4.78 is 6.06. The van der Waals surface area contributed by atoms with Gasteiger partial charge in [0.1, 0.15) is 17.4 Å². The van der Waals surface area contributed by atoms with E-state index < -0.39 is 10.8 Å². The number of benzene rings is 3. The Balaban J connectivity index is 1.57. The Hall–Kier alpha value is -3.96. The van der Waals surface area contributed by atoms with Gasteiger partial charge in [-0.3, -0.25) is 14.9 Å². The van der Waals surface area contributed by atoms with Crippen molar-refractivity contribution in [1.29, 1.82) is 5.26 Å². The normalized spacial score (nSPS) is 12.9. The molecule has 8 heteroatoms. The summed E-state index contributed by atoms with van der Waals surface area (Å²) in [6.07, 6.45) is 3.53. The Labute approximate surface area is 185 Å². The molecule has 1 heterocycles. The van der Waals surface area contributed by atoms with E-state index in [-0.39, 0.29) is 11.3 Å². The molecule has 0 spiro atoms. The Kier molecular flexibility index (Phi) is 5.52. The number of rotatable bonds is 4. The summed E-state index contributed by atoms with van der Waals surface area (Å²) in [5.74, 6) is 0.121. The summed E-state index contributed by atoms with van der Waals surface area (Å²) in [5.41, 5.74) is 1.77. The largest absolute Gasteiger partial charge is 0.464 e. The highest BCUT2D eigenvalue weighted by molar-refractivity contribution is 9.10. The van der Waals surface area contributed by atoms with Gasteiger partial charge in [0.15, 0.2) is 0 Å². The first-order valence-electron chi connectivity index (χ1n) is 9.19. The van der Waals surface area contributed by atoms with Crippen LogP contribution in [-0.2, 0) is 11.2 Å². The minimum atomic E-state index is -0.623. The maximum absolute atomic E-state index is 12.6. The molecule has 0 radical (unpaired) electrons. The molecule has 3 aromatic carbocycles. The standard InChI is InChI=1S/C23H14BrN3O4/c24-20-11-17(27(29)30)6-7-21(20)26-23(28)16(12-25)9-14-10-19-18-4-2-1-3-15(18)5-8-22(19)31-13-14/h1-9,11,13H,10H2,(H,26,28)/b16-9+. The molecule has 0 unspecified atom stereocenters. The number of nitriles is 1. The maximum Gasteiger partial charge on any atom is 0.270 e. The van der Waals surface area contributed by atoms with Crippen LogP contribution in [0.5, 0.6) is 5.75 Å². The van der Waals surface area contributed by atoms with Gasteiger partial charge in [-0.1, -0.05) is 30.3 Å². The number of hydrogen-bond donors (Lipinski definition) is 1. The van der Waals surface area contributed by atoms with E-state index in [9.17, 15) is 20.2 Å². The van der Waals surface area contributed by atoms with Crippen LogP contribution in [0.15, 0.2) is 82.6 Å². The lowest BCUT2D eigenvalue weighted by Crippen LogP contribution is -2.15. The number of nitrogens with zero attached hydrogens (tertiary/aromatic N) is 2. The fourth-order valence-electron chi connectivity index (χ4n) is 3.32. The highest BCUT2D eigenvalue weighted by Gasteiger charge is 2.18. The van der Waals surface area contributed by atoms with Crippen LogP contribution >= 0.6 is 15.9 Å². The summed E-state index contributed by atoms with van der Waals surface area (Å²) in [7, 11) is 0. The van der Waals surface area contributed by atoms with Gasteiger partial charge in [-0.2, -0.15) is 5.26 Å². The molecule has 3 aromatic rings. The number of nitro benzene ring substituents is 1. The van der Waals surface area contributed by atoms with E-state index in [4.69, 9.17) is 4.74 Å². The second-order valence-corrected chi connectivity index (χ2v) is 7.65. The van der Waals surface area contributed by atoms with Gasteiger partial charge >= 0.3 is 0 Å². The van der Waals surface area contributed by atoms with Crippen molar-refractivity contribution >= 4 is 44.0 Å². The van der Waals surface area contributed by atoms with Crippen molar-refractivity contribution in [2.75, 3.05) is 5.32 Å². The summed E-state index contributed by atoms with van der Waals surface area (Å²) in [6, 6.07) is 17.7. The van der Waals surface area contributed by atoms with Crippen LogP contribution in [0.4, 0.5) is 11.4 Å². The average molecular weight is 476 g/mol. The smallest absolute Gasteiger partial charge is 0.270 e. The highest BCUT2D eigenvalue weighted by atomic mass is 79.9. The summed E-state index contributed by atoms with van der Waals surface area (Å²) >= 11 is 3.20. The van der Waals surface area contributed by atoms with E-state index in [1.807, 2.05) is 42.5 Å². The lowest BCUT2D eigenvalue weighted by Gasteiger charge is -2.18. The van der Waals surface area contributed by atoms with Gasteiger partial charge in [0.05, 0.1) is 16.9 Å². The SMILES string of the molecule is N#C/C(=C\C1=COc2ccc3ccccc3c2C1)C(=O)Nc1ccc([N+](=O)[O-])cc1Br. The zero-order valence-corrected chi connectivity index (χ0v) is 17.5. The van der Waals surface area contributed by atoms with Gasteiger partial charge in [0, 0.05) is 28.6 Å². The summed E-state index contributed by atoms with van der Waals surface area (Å²) in [4.78, 5) is 22.9. The van der Waals surface area contributed by atoms with Crippen LogP contribution in [0.25, 0.3) is 10.8 Å². The number of allylic oxidation sites excluding steroid dienone is 2. The molecule has 0 aromatic heterocycles. The minimum absolute atomic E-state index is 0.108. The molecule has 1 amide bonds. The molecule has 0 aliphatic carbocycles. The molecule has 4 rings (SSSR count). The lowest BCUT2D eigenvalue weighted by molar-refractivity contribution is -0.384. The van der Waals surface area contributed by atoms with E-state index in [0.717, 1.165) is 22.1 Å². The molecular formula is C23H14BrN3O4. The number of amides is 1. The molecule has 152 valence electrons. The van der Waals surface area contributed by atoms with E-state index in [1.54, 1.807) is 0 Å². The van der Waals surface area contributed by atoms with Crippen molar-refractivity contribution in [3.8, 4) is 11.8 Å². The zero-order valence-electron chi connectivity index (χ0n) is 16.0. The van der Waals surface area contributed by atoms with Gasteiger partial charge in [-0.15, -0.1) is 0 Å². The first-order valence-corrected chi connectivity index (χ1v) is 9.99. The number of ether oxygens (including phenoxy) is 1. The van der Waals surface area contributed by atoms with E-state index in [2.05, 4.69) is 21.2 Å². The fraction of sp³-hybridized carbons (Fsp3) is 0.0435. The number of non-ortho nitro benzene ring substituents is 1. The van der Waals surface area contributed by atoms with E-state index >= 15 is 0 Å². The Morgan fingerprint density at radius 2 is 2.03 bits per heavy atom. The number of nitrogens with one attached hydrogen (secondary N) is 1. The zero-order chi connectivity index (χ0) is 22.0. The topological polar surface area (TPSA) is 105 Å². The number of nitro groups is 1. The summed E-state index contributed by atoms with van der Waals surface area (Å²) in [6.45, 7) is 0. The molecule has 1 aliphatic heterocycles. The predicted molar refractivity (Wildman–Crippen MR) is 119 cm³/mol. The summed E-state index contributed by atoms with van der Waals surface area (Å²) in [5, 5.41) is 25.1. The van der Waals surface area contributed by atoms with Crippen molar-refractivity contribution in [3.05, 3.63) is 98.2 Å². The molecule has 1 aliphatic rings. The first kappa shape index (κ1) is 20.3. The molecule has 0 bridgehead atoms. The van der Waals surface area contributed by atoms with Gasteiger partial charge in [0.25, 0.3) is 11.6 Å². The van der Waals surface area contributed by atoms with Gasteiger partial charge in [-0.25, -0.2) is 0 Å². The number of carbonyl (C=O) groups excluding carboxylic acids is 1. The maximum atomic E-state index is 12.6. The monoisotopic (exact) mass is 475 g/mol. The molecule has 1 N–H and O–H groups in total. The van der Waals surface area contributed by atoms with Crippen LogP contribution in [0, 0.1) is 21.4 Å². The van der Waals surface area contributed by atoms with Crippen LogP contribution in [0.2, 0.25) is 0 Å². The number of anilines is 1. The second kappa shape index (κ2) is 8.42. The highest BCUT2D eigenvalue weighted by Crippen LogP contribution is 2.34. The van der Waals surface area contributed by atoms with Gasteiger partial charge in [-0.05, 0) is 50.5 Å². The van der Waals surface area contributed by atoms with Crippen molar-refractivity contribution in [1.82, 2.24) is 0 Å². The van der Waals surface area contributed by atoms with Gasteiger partial charge < -0.3 is 10.1 Å². The molecule has 31 heavy (non-hydrogen) atoms. The predicted octanol–water partition coefficient (Wildman–Crippen LogP) is 5.42. The van der Waals surface area contributed by atoms with E-state index in [0.29, 0.717) is 22.2 Å². The Bertz CT molecular complexity index is 1340.